The molecular weight excluding hydrogens is 332 g/mol. The summed E-state index contributed by atoms with van der Waals surface area (Å²) in [4.78, 5) is 15.7. The van der Waals surface area contributed by atoms with E-state index in [-0.39, 0.29) is 0 Å². The van der Waals surface area contributed by atoms with Crippen LogP contribution in [-0.2, 0) is 0 Å². The Morgan fingerprint density at radius 2 is 1.76 bits per heavy atom. The normalized spacial score (nSPS) is 10.8. The number of nitrogens with zero attached hydrogens (tertiary/aromatic N) is 4. The lowest BCUT2D eigenvalue weighted by atomic mass is 10.2. The molecule has 2 aromatic heterocycles. The summed E-state index contributed by atoms with van der Waals surface area (Å²) in [6.45, 7) is 0. The molecule has 0 amide bonds. The van der Waals surface area contributed by atoms with Gasteiger partial charge in [-0.15, -0.1) is 0 Å². The molecule has 25 heavy (non-hydrogen) atoms. The molecule has 0 aliphatic rings. The predicted molar refractivity (Wildman–Crippen MR) is 102 cm³/mol. The highest BCUT2D eigenvalue weighted by Gasteiger charge is 2.14. The Morgan fingerprint density at radius 3 is 2.52 bits per heavy atom. The molecule has 4 aromatic rings. The molecule has 2 heterocycles. The van der Waals surface area contributed by atoms with E-state index in [0.29, 0.717) is 10.8 Å². The van der Waals surface area contributed by atoms with Gasteiger partial charge in [-0.2, -0.15) is 0 Å². The van der Waals surface area contributed by atoms with E-state index in [4.69, 9.17) is 16.6 Å². The van der Waals surface area contributed by atoms with E-state index in [0.717, 1.165) is 28.0 Å². The Hall–Kier alpha value is -2.98. The largest absolute Gasteiger partial charge is 0.329 e. The molecule has 0 radical (unpaired) electrons. The van der Waals surface area contributed by atoms with Crippen LogP contribution in [0.2, 0.25) is 5.02 Å². The number of fused-ring (bicyclic) bond motifs is 1. The van der Waals surface area contributed by atoms with Gasteiger partial charge < -0.3 is 4.90 Å². The van der Waals surface area contributed by atoms with Gasteiger partial charge in [0.15, 0.2) is 5.82 Å². The number of aromatic nitrogens is 3. The van der Waals surface area contributed by atoms with Crippen molar-refractivity contribution in [2.75, 3.05) is 11.9 Å². The third-order valence-corrected chi connectivity index (χ3v) is 4.25. The van der Waals surface area contributed by atoms with Crippen LogP contribution in [0.1, 0.15) is 0 Å². The quantitative estimate of drug-likeness (QED) is 0.516. The van der Waals surface area contributed by atoms with Crippen LogP contribution in [0.25, 0.3) is 22.3 Å². The Bertz CT molecular complexity index is 1020. The number of halogens is 1. The first-order valence-corrected chi connectivity index (χ1v) is 8.26. The first-order valence-electron chi connectivity index (χ1n) is 7.89. The Morgan fingerprint density at radius 1 is 0.920 bits per heavy atom. The first-order chi connectivity index (χ1) is 12.2. The van der Waals surface area contributed by atoms with E-state index < -0.39 is 0 Å². The van der Waals surface area contributed by atoms with E-state index in [1.54, 1.807) is 12.4 Å². The molecule has 0 bridgehead atoms. The number of hydrogen-bond donors (Lipinski definition) is 0. The summed E-state index contributed by atoms with van der Waals surface area (Å²) < 4.78 is 0. The maximum atomic E-state index is 6.21. The molecule has 122 valence electrons. The molecule has 0 fully saturated rings. The third kappa shape index (κ3) is 3.04. The van der Waals surface area contributed by atoms with Gasteiger partial charge in [0, 0.05) is 41.1 Å². The fourth-order valence-corrected chi connectivity index (χ4v) is 2.91. The smallest absolute Gasteiger partial charge is 0.163 e. The molecule has 0 spiro atoms. The number of hydrogen-bond acceptors (Lipinski definition) is 4. The Kier molecular flexibility index (Phi) is 4.04. The highest BCUT2D eigenvalue weighted by atomic mass is 35.5. The summed E-state index contributed by atoms with van der Waals surface area (Å²) in [5.41, 5.74) is 2.76. The van der Waals surface area contributed by atoms with Gasteiger partial charge in [-0.05, 0) is 42.5 Å². The standard InChI is InChI=1S/C20H15ClN4/c1-25(16-7-3-2-4-8-16)20-17-12-15(21)9-10-18(17)23-19(24-20)14-6-5-11-22-13-14/h2-13H,1H3. The molecule has 4 nitrogen and oxygen atoms in total. The molecule has 0 N–H and O–H groups in total. The van der Waals surface area contributed by atoms with Crippen molar-refractivity contribution >= 4 is 34.0 Å². The van der Waals surface area contributed by atoms with E-state index in [2.05, 4.69) is 9.97 Å². The van der Waals surface area contributed by atoms with Gasteiger partial charge in [-0.3, -0.25) is 4.98 Å². The highest BCUT2D eigenvalue weighted by molar-refractivity contribution is 6.31. The second-order valence-corrected chi connectivity index (χ2v) is 6.10. The predicted octanol–water partition coefficient (Wildman–Crippen LogP) is 5.11. The van der Waals surface area contributed by atoms with Crippen LogP contribution in [0, 0.1) is 0 Å². The van der Waals surface area contributed by atoms with Crippen molar-refractivity contribution in [3.63, 3.8) is 0 Å². The van der Waals surface area contributed by atoms with Crippen molar-refractivity contribution in [1.82, 2.24) is 15.0 Å². The minimum absolute atomic E-state index is 0.640. The highest BCUT2D eigenvalue weighted by Crippen LogP contribution is 2.32. The van der Waals surface area contributed by atoms with Gasteiger partial charge >= 0.3 is 0 Å². The van der Waals surface area contributed by atoms with Gasteiger partial charge in [0.2, 0.25) is 0 Å². The Balaban J connectivity index is 1.95. The topological polar surface area (TPSA) is 41.9 Å². The summed E-state index contributed by atoms with van der Waals surface area (Å²) in [5.74, 6) is 1.44. The zero-order valence-corrected chi connectivity index (χ0v) is 14.4. The van der Waals surface area contributed by atoms with Crippen LogP contribution < -0.4 is 4.90 Å². The second kappa shape index (κ2) is 6.49. The van der Waals surface area contributed by atoms with Crippen LogP contribution >= 0.6 is 11.6 Å². The van der Waals surface area contributed by atoms with Crippen LogP contribution in [0.3, 0.4) is 0 Å². The van der Waals surface area contributed by atoms with Crippen molar-refractivity contribution in [1.29, 1.82) is 0 Å². The average molecular weight is 347 g/mol. The average Bonchev–Trinajstić information content (AvgIpc) is 2.68. The fraction of sp³-hybridized carbons (Fsp3) is 0.0500. The molecule has 0 saturated carbocycles. The van der Waals surface area contributed by atoms with E-state index in [1.807, 2.05) is 72.6 Å². The van der Waals surface area contributed by atoms with Gasteiger partial charge in [-0.25, -0.2) is 9.97 Å². The molecule has 0 aliphatic carbocycles. The minimum atomic E-state index is 0.640. The molecule has 0 unspecified atom stereocenters. The first kappa shape index (κ1) is 15.5. The summed E-state index contributed by atoms with van der Waals surface area (Å²) in [6, 6.07) is 19.6. The second-order valence-electron chi connectivity index (χ2n) is 5.67. The maximum absolute atomic E-state index is 6.21. The van der Waals surface area contributed by atoms with Crippen LogP contribution in [0.15, 0.2) is 73.1 Å². The lowest BCUT2D eigenvalue weighted by Gasteiger charge is -2.21. The van der Waals surface area contributed by atoms with Crippen LogP contribution in [-0.4, -0.2) is 22.0 Å². The fourth-order valence-electron chi connectivity index (χ4n) is 2.74. The minimum Gasteiger partial charge on any atom is -0.329 e. The van der Waals surface area contributed by atoms with Crippen molar-refractivity contribution in [3.05, 3.63) is 78.1 Å². The van der Waals surface area contributed by atoms with E-state index in [1.165, 1.54) is 0 Å². The van der Waals surface area contributed by atoms with E-state index >= 15 is 0 Å². The molecule has 0 aliphatic heterocycles. The van der Waals surface area contributed by atoms with Crippen LogP contribution in [0.5, 0.6) is 0 Å². The van der Waals surface area contributed by atoms with Gasteiger partial charge in [0.25, 0.3) is 0 Å². The van der Waals surface area contributed by atoms with Crippen molar-refractivity contribution < 1.29 is 0 Å². The van der Waals surface area contributed by atoms with E-state index in [9.17, 15) is 0 Å². The van der Waals surface area contributed by atoms with Crippen molar-refractivity contribution in [2.45, 2.75) is 0 Å². The molecule has 2 aromatic carbocycles. The lowest BCUT2D eigenvalue weighted by Crippen LogP contribution is -2.12. The molecule has 5 heteroatoms. The zero-order chi connectivity index (χ0) is 17.2. The van der Waals surface area contributed by atoms with Gasteiger partial charge in [0.1, 0.15) is 5.82 Å². The number of anilines is 2. The monoisotopic (exact) mass is 346 g/mol. The molecule has 4 rings (SSSR count). The van der Waals surface area contributed by atoms with Crippen molar-refractivity contribution in [2.24, 2.45) is 0 Å². The maximum Gasteiger partial charge on any atom is 0.163 e. The summed E-state index contributed by atoms with van der Waals surface area (Å²) >= 11 is 6.21. The number of para-hydroxylation sites is 1. The molecule has 0 atom stereocenters. The summed E-state index contributed by atoms with van der Waals surface area (Å²) in [7, 11) is 1.99. The molecular formula is C20H15ClN4. The Labute approximate surface area is 150 Å². The third-order valence-electron chi connectivity index (χ3n) is 4.02. The SMILES string of the molecule is CN(c1ccccc1)c1nc(-c2cccnc2)nc2ccc(Cl)cc12. The zero-order valence-electron chi connectivity index (χ0n) is 13.6. The number of rotatable bonds is 3. The van der Waals surface area contributed by atoms with Crippen LogP contribution in [0.4, 0.5) is 11.5 Å². The number of pyridine rings is 1. The van der Waals surface area contributed by atoms with Gasteiger partial charge in [-0.1, -0.05) is 29.8 Å². The number of benzene rings is 2. The summed E-state index contributed by atoms with van der Waals surface area (Å²) in [6.07, 6.45) is 3.50. The van der Waals surface area contributed by atoms with Crippen molar-refractivity contribution in [3.8, 4) is 11.4 Å². The summed E-state index contributed by atoms with van der Waals surface area (Å²) in [5, 5.41) is 1.57. The lowest BCUT2D eigenvalue weighted by molar-refractivity contribution is 1.11. The molecule has 0 saturated heterocycles. The van der Waals surface area contributed by atoms with Gasteiger partial charge in [0.05, 0.1) is 5.52 Å².